The van der Waals surface area contributed by atoms with Crippen LogP contribution in [0.25, 0.3) is 0 Å². The fourth-order valence-electron chi connectivity index (χ4n) is 2.62. The number of hydrogen-bond donors (Lipinski definition) is 1. The Hall–Kier alpha value is -1.60. The summed E-state index contributed by atoms with van der Waals surface area (Å²) in [6, 6.07) is 6.64. The van der Waals surface area contributed by atoms with Crippen LogP contribution in [-0.2, 0) is 0 Å². The number of rotatable bonds is 3. The van der Waals surface area contributed by atoms with Crippen molar-refractivity contribution >= 4 is 5.69 Å². The molecule has 1 saturated heterocycles. The van der Waals surface area contributed by atoms with Crippen molar-refractivity contribution in [1.82, 2.24) is 0 Å². The summed E-state index contributed by atoms with van der Waals surface area (Å²) in [4.78, 5) is 2.14. The third kappa shape index (κ3) is 2.62. The van der Waals surface area contributed by atoms with Crippen LogP contribution in [0.5, 0.6) is 0 Å². The zero-order chi connectivity index (χ0) is 13.0. The number of benzene rings is 1. The molecule has 3 nitrogen and oxygen atoms in total. The normalized spacial score (nSPS) is 19.6. The summed E-state index contributed by atoms with van der Waals surface area (Å²) in [6.07, 6.45) is 3.93. The zero-order valence-electron chi connectivity index (χ0n) is 10.3. The lowest BCUT2D eigenvalue weighted by Crippen LogP contribution is -2.40. The van der Waals surface area contributed by atoms with E-state index in [9.17, 15) is 4.39 Å². The Bertz CT molecular complexity index is 454. The van der Waals surface area contributed by atoms with Gasteiger partial charge in [0.15, 0.2) is 0 Å². The first-order valence-electron chi connectivity index (χ1n) is 6.33. The molecule has 1 aliphatic rings. The maximum absolute atomic E-state index is 13.1. The van der Waals surface area contributed by atoms with Crippen LogP contribution in [0.4, 0.5) is 10.1 Å². The van der Waals surface area contributed by atoms with Crippen LogP contribution < -0.4 is 4.90 Å². The Balaban J connectivity index is 2.30. The van der Waals surface area contributed by atoms with Gasteiger partial charge in [-0.3, -0.25) is 0 Å². The monoisotopic (exact) mass is 248 g/mol. The minimum Gasteiger partial charge on any atom is -0.396 e. The topological polar surface area (TPSA) is 47.3 Å². The summed E-state index contributed by atoms with van der Waals surface area (Å²) in [6.45, 7) is 1.01. The van der Waals surface area contributed by atoms with Crippen molar-refractivity contribution in [1.29, 1.82) is 5.26 Å². The molecule has 0 aromatic heterocycles. The molecule has 2 rings (SSSR count). The molecule has 0 bridgehead atoms. The molecule has 1 atom stereocenters. The highest BCUT2D eigenvalue weighted by Crippen LogP contribution is 2.29. The third-order valence-corrected chi connectivity index (χ3v) is 3.48. The van der Waals surface area contributed by atoms with E-state index in [1.165, 1.54) is 12.1 Å². The number of piperidine rings is 1. The summed E-state index contributed by atoms with van der Waals surface area (Å²) in [5, 5.41) is 18.2. The Labute approximate surface area is 106 Å². The van der Waals surface area contributed by atoms with Gasteiger partial charge in [-0.25, -0.2) is 4.39 Å². The fourth-order valence-corrected chi connectivity index (χ4v) is 2.62. The maximum Gasteiger partial charge on any atom is 0.124 e. The molecule has 1 unspecified atom stereocenters. The molecule has 96 valence electrons. The number of nitriles is 1. The highest BCUT2D eigenvalue weighted by Gasteiger charge is 2.24. The van der Waals surface area contributed by atoms with Crippen molar-refractivity contribution < 1.29 is 9.50 Å². The smallest absolute Gasteiger partial charge is 0.124 e. The van der Waals surface area contributed by atoms with Crippen LogP contribution >= 0.6 is 0 Å². The van der Waals surface area contributed by atoms with Gasteiger partial charge in [-0.15, -0.1) is 0 Å². The van der Waals surface area contributed by atoms with E-state index >= 15 is 0 Å². The predicted molar refractivity (Wildman–Crippen MR) is 67.8 cm³/mol. The lowest BCUT2D eigenvalue weighted by molar-refractivity contribution is 0.262. The highest BCUT2D eigenvalue weighted by molar-refractivity contribution is 5.60. The SMILES string of the molecule is N#Cc1cc(F)ccc1N1CCCCC1CCO. The predicted octanol–water partition coefficient (Wildman–Crippen LogP) is 2.44. The molecule has 0 aliphatic carbocycles. The first-order valence-corrected chi connectivity index (χ1v) is 6.33. The van der Waals surface area contributed by atoms with E-state index in [0.717, 1.165) is 31.5 Å². The van der Waals surface area contributed by atoms with Gasteiger partial charge in [0.1, 0.15) is 11.9 Å². The first-order chi connectivity index (χ1) is 8.76. The van der Waals surface area contributed by atoms with E-state index < -0.39 is 0 Å². The lowest BCUT2D eigenvalue weighted by atomic mass is 9.97. The van der Waals surface area contributed by atoms with Crippen LogP contribution in [0.2, 0.25) is 0 Å². The minimum atomic E-state index is -0.383. The number of halogens is 1. The molecule has 1 fully saturated rings. The van der Waals surface area contributed by atoms with Crippen LogP contribution in [0.15, 0.2) is 18.2 Å². The van der Waals surface area contributed by atoms with Crippen molar-refractivity contribution in [3.05, 3.63) is 29.6 Å². The van der Waals surface area contributed by atoms with Crippen LogP contribution in [-0.4, -0.2) is 24.3 Å². The van der Waals surface area contributed by atoms with Gasteiger partial charge in [-0.1, -0.05) is 0 Å². The van der Waals surface area contributed by atoms with Gasteiger partial charge in [-0.2, -0.15) is 5.26 Å². The van der Waals surface area contributed by atoms with E-state index in [-0.39, 0.29) is 18.5 Å². The quantitative estimate of drug-likeness (QED) is 0.893. The van der Waals surface area contributed by atoms with E-state index in [4.69, 9.17) is 10.4 Å². The average Bonchev–Trinajstić information content (AvgIpc) is 2.40. The summed E-state index contributed by atoms with van der Waals surface area (Å²) < 4.78 is 13.1. The Morgan fingerprint density at radius 2 is 2.28 bits per heavy atom. The molecule has 0 saturated carbocycles. The van der Waals surface area contributed by atoms with Gasteiger partial charge >= 0.3 is 0 Å². The molecule has 1 N–H and O–H groups in total. The molecule has 1 aromatic rings. The number of aliphatic hydroxyl groups is 1. The minimum absolute atomic E-state index is 0.143. The Kier molecular flexibility index (Phi) is 4.16. The van der Waals surface area contributed by atoms with Crippen LogP contribution in [0.3, 0.4) is 0 Å². The number of aliphatic hydroxyl groups excluding tert-OH is 1. The third-order valence-electron chi connectivity index (χ3n) is 3.48. The molecule has 0 amide bonds. The highest BCUT2D eigenvalue weighted by atomic mass is 19.1. The molecular formula is C14H17FN2O. The molecule has 0 radical (unpaired) electrons. The molecule has 0 spiro atoms. The second-order valence-corrected chi connectivity index (χ2v) is 4.63. The summed E-state index contributed by atoms with van der Waals surface area (Å²) >= 11 is 0. The van der Waals surface area contributed by atoms with Crippen molar-refractivity contribution in [2.75, 3.05) is 18.1 Å². The summed E-state index contributed by atoms with van der Waals surface area (Å²) in [5.41, 5.74) is 1.16. The van der Waals surface area contributed by atoms with Crippen molar-refractivity contribution in [2.24, 2.45) is 0 Å². The lowest BCUT2D eigenvalue weighted by Gasteiger charge is -2.37. The van der Waals surface area contributed by atoms with Crippen LogP contribution in [0, 0.1) is 17.1 Å². The maximum atomic E-state index is 13.1. The molecule has 18 heavy (non-hydrogen) atoms. The second-order valence-electron chi connectivity index (χ2n) is 4.63. The Morgan fingerprint density at radius 1 is 1.44 bits per heavy atom. The van der Waals surface area contributed by atoms with Crippen molar-refractivity contribution in [3.63, 3.8) is 0 Å². The first kappa shape index (κ1) is 12.8. The number of anilines is 1. The summed E-state index contributed by atoms with van der Waals surface area (Å²) in [5.74, 6) is -0.383. The molecule has 1 heterocycles. The van der Waals surface area contributed by atoms with Gasteiger partial charge in [-0.05, 0) is 43.9 Å². The zero-order valence-corrected chi connectivity index (χ0v) is 10.3. The number of nitrogens with zero attached hydrogens (tertiary/aromatic N) is 2. The van der Waals surface area contributed by atoms with E-state index in [0.29, 0.717) is 12.0 Å². The standard InChI is InChI=1S/C14H17FN2O/c15-12-4-5-14(11(9-12)10-16)17-7-2-1-3-13(17)6-8-18/h4-5,9,13,18H,1-3,6-8H2. The van der Waals surface area contributed by atoms with Gasteiger partial charge in [0.25, 0.3) is 0 Å². The molecular weight excluding hydrogens is 231 g/mol. The second kappa shape index (κ2) is 5.83. The molecule has 1 aromatic carbocycles. The van der Waals surface area contributed by atoms with Crippen molar-refractivity contribution in [3.8, 4) is 6.07 Å². The van der Waals surface area contributed by atoms with Gasteiger partial charge in [0.05, 0.1) is 11.3 Å². The Morgan fingerprint density at radius 3 is 3.00 bits per heavy atom. The van der Waals surface area contributed by atoms with Gasteiger partial charge in [0.2, 0.25) is 0 Å². The van der Waals surface area contributed by atoms with E-state index in [1.807, 2.05) is 0 Å². The number of hydrogen-bond acceptors (Lipinski definition) is 3. The van der Waals surface area contributed by atoms with Crippen LogP contribution in [0.1, 0.15) is 31.2 Å². The molecule has 1 aliphatic heterocycles. The summed E-state index contributed by atoms with van der Waals surface area (Å²) in [7, 11) is 0. The van der Waals surface area contributed by atoms with E-state index in [1.54, 1.807) is 6.07 Å². The average molecular weight is 248 g/mol. The van der Waals surface area contributed by atoms with Gasteiger partial charge < -0.3 is 10.0 Å². The van der Waals surface area contributed by atoms with Gasteiger partial charge in [0, 0.05) is 19.2 Å². The van der Waals surface area contributed by atoms with E-state index in [2.05, 4.69) is 11.0 Å². The molecule has 4 heteroatoms. The largest absolute Gasteiger partial charge is 0.396 e. The van der Waals surface area contributed by atoms with Crippen molar-refractivity contribution in [2.45, 2.75) is 31.7 Å². The fraction of sp³-hybridized carbons (Fsp3) is 0.500.